The Balaban J connectivity index is 2.39. The molecule has 1 heterocycles. The van der Waals surface area contributed by atoms with E-state index in [1.807, 2.05) is 6.08 Å². The van der Waals surface area contributed by atoms with E-state index >= 15 is 0 Å². The number of nitrogens with two attached hydrogens (primary N) is 1. The Morgan fingerprint density at radius 3 is 3.00 bits per heavy atom. The zero-order valence-electron chi connectivity index (χ0n) is 9.09. The van der Waals surface area contributed by atoms with Gasteiger partial charge in [-0.05, 0) is 44.8 Å². The van der Waals surface area contributed by atoms with Gasteiger partial charge >= 0.3 is 0 Å². The van der Waals surface area contributed by atoms with Gasteiger partial charge in [-0.3, -0.25) is 11.3 Å². The lowest BCUT2D eigenvalue weighted by Gasteiger charge is -2.32. The van der Waals surface area contributed by atoms with Crippen LogP contribution in [0.25, 0.3) is 0 Å². The van der Waals surface area contributed by atoms with Crippen molar-refractivity contribution in [2.24, 2.45) is 5.84 Å². The molecule has 0 aromatic carbocycles. The van der Waals surface area contributed by atoms with E-state index in [0.717, 1.165) is 12.8 Å². The molecular weight excluding hydrogens is 192 g/mol. The fourth-order valence-electron chi connectivity index (χ4n) is 2.11. The highest BCUT2D eigenvalue weighted by Crippen LogP contribution is 2.41. The molecule has 1 saturated heterocycles. The van der Waals surface area contributed by atoms with Crippen molar-refractivity contribution in [3.8, 4) is 0 Å². The van der Waals surface area contributed by atoms with Crippen LogP contribution in [0, 0.1) is 0 Å². The van der Waals surface area contributed by atoms with Crippen molar-refractivity contribution in [3.63, 3.8) is 0 Å². The minimum absolute atomic E-state index is 0.357. The van der Waals surface area contributed by atoms with Gasteiger partial charge in [-0.1, -0.05) is 6.08 Å². The third-order valence-electron chi connectivity index (χ3n) is 3.09. The van der Waals surface area contributed by atoms with E-state index < -0.39 is 0 Å². The Kier molecular flexibility index (Phi) is 4.99. The summed E-state index contributed by atoms with van der Waals surface area (Å²) in [7, 11) is 0. The highest BCUT2D eigenvalue weighted by molar-refractivity contribution is 8.00. The number of hydrazine groups is 1. The topological polar surface area (TPSA) is 38.0 Å². The molecule has 82 valence electrons. The fourth-order valence-corrected chi connectivity index (χ4v) is 3.54. The smallest absolute Gasteiger partial charge is 0.0355 e. The number of hydrogen-bond donors (Lipinski definition) is 2. The molecule has 1 fully saturated rings. The molecule has 0 aliphatic carbocycles. The van der Waals surface area contributed by atoms with Crippen molar-refractivity contribution in [1.82, 2.24) is 5.43 Å². The lowest BCUT2D eigenvalue weighted by Crippen LogP contribution is -2.48. The van der Waals surface area contributed by atoms with Crippen molar-refractivity contribution in [3.05, 3.63) is 12.7 Å². The Morgan fingerprint density at radius 1 is 1.71 bits per heavy atom. The average molecular weight is 214 g/mol. The molecule has 0 aromatic heterocycles. The summed E-state index contributed by atoms with van der Waals surface area (Å²) in [6.45, 7) is 6.08. The average Bonchev–Trinajstić information content (AvgIpc) is 2.61. The molecule has 0 saturated carbocycles. The number of rotatable bonds is 6. The van der Waals surface area contributed by atoms with Crippen LogP contribution in [0.1, 0.15) is 39.0 Å². The first-order valence-electron chi connectivity index (χ1n) is 5.44. The minimum atomic E-state index is 0.357. The van der Waals surface area contributed by atoms with Crippen molar-refractivity contribution in [2.45, 2.75) is 49.8 Å². The molecule has 2 unspecified atom stereocenters. The second-order valence-corrected chi connectivity index (χ2v) is 5.83. The zero-order chi connectivity index (χ0) is 10.4. The van der Waals surface area contributed by atoms with Crippen LogP contribution in [0.5, 0.6) is 0 Å². The van der Waals surface area contributed by atoms with E-state index in [1.54, 1.807) is 0 Å². The van der Waals surface area contributed by atoms with Crippen LogP contribution >= 0.6 is 11.8 Å². The highest BCUT2D eigenvalue weighted by Gasteiger charge is 2.36. The molecule has 2 nitrogen and oxygen atoms in total. The van der Waals surface area contributed by atoms with Gasteiger partial charge in [-0.2, -0.15) is 11.8 Å². The summed E-state index contributed by atoms with van der Waals surface area (Å²) in [4.78, 5) is 0. The van der Waals surface area contributed by atoms with E-state index in [4.69, 9.17) is 5.84 Å². The standard InChI is InChI=1S/C11H22N2S/c1-3-4-5-7-10(13-12)11(2)8-6-9-14-11/h3,10,13H,1,4-9,12H2,2H3. The van der Waals surface area contributed by atoms with Crippen molar-refractivity contribution in [2.75, 3.05) is 5.75 Å². The molecule has 14 heavy (non-hydrogen) atoms. The Bertz CT molecular complexity index is 176. The second-order valence-electron chi connectivity index (χ2n) is 4.20. The highest BCUT2D eigenvalue weighted by atomic mass is 32.2. The first-order valence-corrected chi connectivity index (χ1v) is 6.42. The van der Waals surface area contributed by atoms with Crippen LogP contribution in [0.3, 0.4) is 0 Å². The normalized spacial score (nSPS) is 29.0. The van der Waals surface area contributed by atoms with E-state index in [2.05, 4.69) is 30.7 Å². The van der Waals surface area contributed by atoms with Crippen LogP contribution in [0.2, 0.25) is 0 Å². The largest absolute Gasteiger partial charge is 0.271 e. The molecular formula is C11H22N2S. The van der Waals surface area contributed by atoms with Gasteiger partial charge in [-0.25, -0.2) is 0 Å². The lowest BCUT2D eigenvalue weighted by molar-refractivity contribution is 0.380. The van der Waals surface area contributed by atoms with Crippen LogP contribution in [-0.4, -0.2) is 16.5 Å². The lowest BCUT2D eigenvalue weighted by atomic mass is 9.92. The molecule has 1 aliphatic rings. The number of thioether (sulfide) groups is 1. The van der Waals surface area contributed by atoms with E-state index in [9.17, 15) is 0 Å². The first kappa shape index (κ1) is 12.1. The predicted octanol–water partition coefficient (Wildman–Crippen LogP) is 2.46. The third-order valence-corrected chi connectivity index (χ3v) is 4.73. The third kappa shape index (κ3) is 3.01. The maximum absolute atomic E-state index is 5.63. The number of nitrogens with one attached hydrogen (secondary N) is 1. The fraction of sp³-hybridized carbons (Fsp3) is 0.818. The van der Waals surface area contributed by atoms with Crippen LogP contribution in [-0.2, 0) is 0 Å². The molecule has 0 amide bonds. The van der Waals surface area contributed by atoms with Crippen molar-refractivity contribution in [1.29, 1.82) is 0 Å². The molecule has 1 rings (SSSR count). The summed E-state index contributed by atoms with van der Waals surface area (Å²) in [6, 6.07) is 0.454. The Hall–Kier alpha value is 0.0100. The molecule has 3 N–H and O–H groups in total. The molecule has 0 bridgehead atoms. The molecule has 3 heteroatoms. The molecule has 0 spiro atoms. The first-order chi connectivity index (χ1) is 6.73. The van der Waals surface area contributed by atoms with Gasteiger partial charge < -0.3 is 0 Å². The Labute approximate surface area is 91.7 Å². The van der Waals surface area contributed by atoms with E-state index in [0.29, 0.717) is 10.8 Å². The van der Waals surface area contributed by atoms with Crippen LogP contribution < -0.4 is 11.3 Å². The van der Waals surface area contributed by atoms with Crippen LogP contribution in [0.4, 0.5) is 0 Å². The predicted molar refractivity (Wildman–Crippen MR) is 65.3 cm³/mol. The Morgan fingerprint density at radius 2 is 2.50 bits per heavy atom. The van der Waals surface area contributed by atoms with Gasteiger partial charge in [0.1, 0.15) is 0 Å². The summed E-state index contributed by atoms with van der Waals surface area (Å²) in [5, 5.41) is 0. The van der Waals surface area contributed by atoms with Gasteiger partial charge in [0, 0.05) is 10.8 Å². The monoisotopic (exact) mass is 214 g/mol. The molecule has 0 aromatic rings. The van der Waals surface area contributed by atoms with Gasteiger partial charge in [0.2, 0.25) is 0 Å². The maximum Gasteiger partial charge on any atom is 0.0355 e. The maximum atomic E-state index is 5.63. The van der Waals surface area contributed by atoms with Gasteiger partial charge in [0.15, 0.2) is 0 Å². The van der Waals surface area contributed by atoms with Crippen molar-refractivity contribution < 1.29 is 0 Å². The number of hydrogen-bond acceptors (Lipinski definition) is 3. The van der Waals surface area contributed by atoms with Gasteiger partial charge in [0.05, 0.1) is 0 Å². The summed E-state index contributed by atoms with van der Waals surface area (Å²) >= 11 is 2.07. The second kappa shape index (κ2) is 5.79. The summed E-state index contributed by atoms with van der Waals surface area (Å²) in [6.07, 6.45) is 8.05. The summed E-state index contributed by atoms with van der Waals surface area (Å²) in [5.74, 6) is 6.92. The summed E-state index contributed by atoms with van der Waals surface area (Å²) < 4.78 is 0.357. The van der Waals surface area contributed by atoms with Gasteiger partial charge in [-0.15, -0.1) is 6.58 Å². The van der Waals surface area contributed by atoms with Gasteiger partial charge in [0.25, 0.3) is 0 Å². The minimum Gasteiger partial charge on any atom is -0.271 e. The summed E-state index contributed by atoms with van der Waals surface area (Å²) in [5.41, 5.74) is 2.99. The number of allylic oxidation sites excluding steroid dienone is 1. The molecule has 2 atom stereocenters. The molecule has 0 radical (unpaired) electrons. The zero-order valence-corrected chi connectivity index (χ0v) is 9.91. The van der Waals surface area contributed by atoms with E-state index in [1.165, 1.54) is 25.0 Å². The van der Waals surface area contributed by atoms with Crippen LogP contribution in [0.15, 0.2) is 12.7 Å². The quantitative estimate of drug-likeness (QED) is 0.309. The van der Waals surface area contributed by atoms with Crippen molar-refractivity contribution >= 4 is 11.8 Å². The molecule has 1 aliphatic heterocycles. The number of unbranched alkanes of at least 4 members (excludes halogenated alkanes) is 1. The van der Waals surface area contributed by atoms with E-state index in [-0.39, 0.29) is 0 Å². The SMILES string of the molecule is C=CCCCC(NN)C1(C)CCCS1.